The van der Waals surface area contributed by atoms with E-state index in [9.17, 15) is 23.3 Å². The van der Waals surface area contributed by atoms with Crippen LogP contribution in [-0.2, 0) is 21.2 Å². The van der Waals surface area contributed by atoms with Gasteiger partial charge >= 0.3 is 5.97 Å². The summed E-state index contributed by atoms with van der Waals surface area (Å²) in [6.07, 6.45) is 0. The van der Waals surface area contributed by atoms with Crippen LogP contribution < -0.4 is 0 Å². The van der Waals surface area contributed by atoms with E-state index in [0.29, 0.717) is 10.6 Å². The average molecular weight is 432 g/mol. The van der Waals surface area contributed by atoms with Crippen molar-refractivity contribution in [3.8, 4) is 0 Å². The molecule has 0 saturated carbocycles. The lowest BCUT2D eigenvalue weighted by Crippen LogP contribution is -2.12. The molecule has 7 nitrogen and oxygen atoms in total. The van der Waals surface area contributed by atoms with Crippen LogP contribution in [0.3, 0.4) is 0 Å². The third-order valence-corrected chi connectivity index (χ3v) is 6.12. The zero-order valence-electron chi connectivity index (χ0n) is 14.8. The van der Waals surface area contributed by atoms with Gasteiger partial charge in [0.2, 0.25) is 9.84 Å². The lowest BCUT2D eigenvalue weighted by Gasteiger charge is -2.11. The van der Waals surface area contributed by atoms with Crippen LogP contribution >= 0.6 is 11.6 Å². The second kappa shape index (κ2) is 8.42. The largest absolute Gasteiger partial charge is 0.457 e. The molecule has 9 heteroatoms. The number of halogens is 1. The van der Waals surface area contributed by atoms with Crippen LogP contribution in [0.5, 0.6) is 0 Å². The van der Waals surface area contributed by atoms with Crippen LogP contribution in [0.1, 0.15) is 15.9 Å². The van der Waals surface area contributed by atoms with Gasteiger partial charge in [0, 0.05) is 17.2 Å². The average Bonchev–Trinajstić information content (AvgIpc) is 2.73. The van der Waals surface area contributed by atoms with Gasteiger partial charge in [-0.3, -0.25) is 10.1 Å². The van der Waals surface area contributed by atoms with Crippen molar-refractivity contribution in [2.24, 2.45) is 0 Å². The number of sulfone groups is 1. The summed E-state index contributed by atoms with van der Waals surface area (Å²) in [6.45, 7) is -0.0537. The number of ether oxygens (including phenoxy) is 1. The molecule has 0 heterocycles. The van der Waals surface area contributed by atoms with Gasteiger partial charge in [-0.15, -0.1) is 0 Å². The van der Waals surface area contributed by atoms with Gasteiger partial charge in [-0.2, -0.15) is 0 Å². The van der Waals surface area contributed by atoms with Crippen molar-refractivity contribution < 1.29 is 22.9 Å². The first-order valence-corrected chi connectivity index (χ1v) is 10.2. The topological polar surface area (TPSA) is 104 Å². The molecule has 0 atom stereocenters. The molecule has 148 valence electrons. The molecule has 0 N–H and O–H groups in total. The first kappa shape index (κ1) is 20.5. The summed E-state index contributed by atoms with van der Waals surface area (Å²) in [5.74, 6) is -0.805. The number of rotatable bonds is 6. The molecular formula is C20H14ClNO6S. The highest BCUT2D eigenvalue weighted by Crippen LogP contribution is 2.26. The fourth-order valence-electron chi connectivity index (χ4n) is 2.55. The van der Waals surface area contributed by atoms with Crippen LogP contribution in [0.25, 0.3) is 0 Å². The van der Waals surface area contributed by atoms with Crippen LogP contribution in [-0.4, -0.2) is 19.3 Å². The monoisotopic (exact) mass is 431 g/mol. The number of hydrogen-bond acceptors (Lipinski definition) is 6. The van der Waals surface area contributed by atoms with Gasteiger partial charge < -0.3 is 4.74 Å². The Bertz CT molecular complexity index is 1160. The fraction of sp³-hybridized carbons (Fsp3) is 0.0500. The summed E-state index contributed by atoms with van der Waals surface area (Å²) in [5, 5.41) is 11.3. The van der Waals surface area contributed by atoms with Crippen molar-refractivity contribution in [3.05, 3.63) is 99.1 Å². The van der Waals surface area contributed by atoms with Crippen molar-refractivity contribution >= 4 is 33.1 Å². The molecule has 0 bridgehead atoms. The number of carbonyl (C=O) groups excluding carboxylic acids is 1. The fourth-order valence-corrected chi connectivity index (χ4v) is 4.12. The van der Waals surface area contributed by atoms with E-state index < -0.39 is 20.7 Å². The Kier molecular flexibility index (Phi) is 5.95. The van der Waals surface area contributed by atoms with Crippen LogP contribution in [0.15, 0.2) is 82.6 Å². The van der Waals surface area contributed by atoms with Crippen molar-refractivity contribution in [1.29, 1.82) is 0 Å². The minimum Gasteiger partial charge on any atom is -0.457 e. The smallest absolute Gasteiger partial charge is 0.339 e. The van der Waals surface area contributed by atoms with E-state index in [-0.39, 0.29) is 27.6 Å². The van der Waals surface area contributed by atoms with Crippen molar-refractivity contribution in [2.75, 3.05) is 0 Å². The number of non-ortho nitro benzene ring substituents is 1. The highest BCUT2D eigenvalue weighted by molar-refractivity contribution is 7.91. The van der Waals surface area contributed by atoms with Gasteiger partial charge in [-0.05, 0) is 42.0 Å². The molecule has 0 fully saturated rings. The number of benzene rings is 3. The second-order valence-electron chi connectivity index (χ2n) is 5.95. The number of nitrogens with zero attached hydrogens (tertiary/aromatic N) is 1. The predicted octanol–water partition coefficient (Wildman–Crippen LogP) is 4.44. The van der Waals surface area contributed by atoms with Gasteiger partial charge in [0.25, 0.3) is 5.69 Å². The third-order valence-electron chi connectivity index (χ3n) is 4.04. The maximum absolute atomic E-state index is 13.0. The lowest BCUT2D eigenvalue weighted by molar-refractivity contribution is -0.384. The van der Waals surface area contributed by atoms with Gasteiger partial charge in [-0.1, -0.05) is 35.9 Å². The SMILES string of the molecule is O=C(OCc1ccc(Cl)cc1)c1ccccc1S(=O)(=O)c1ccc([N+](=O)[O-])cc1. The number of carbonyl (C=O) groups is 1. The summed E-state index contributed by atoms with van der Waals surface area (Å²) < 4.78 is 31.2. The van der Waals surface area contributed by atoms with Crippen molar-refractivity contribution in [3.63, 3.8) is 0 Å². The number of nitro groups is 1. The third kappa shape index (κ3) is 4.61. The Morgan fingerprint density at radius 2 is 1.59 bits per heavy atom. The van der Waals surface area contributed by atoms with E-state index >= 15 is 0 Å². The molecule has 0 saturated heterocycles. The number of hydrogen-bond donors (Lipinski definition) is 0. The van der Waals surface area contributed by atoms with Crippen molar-refractivity contribution in [1.82, 2.24) is 0 Å². The summed E-state index contributed by atoms with van der Waals surface area (Å²) in [7, 11) is -4.09. The molecule has 3 aromatic carbocycles. The van der Waals surface area contributed by atoms with E-state index in [0.717, 1.165) is 24.3 Å². The maximum Gasteiger partial charge on any atom is 0.339 e. The summed E-state index contributed by atoms with van der Waals surface area (Å²) in [6, 6.07) is 16.8. The molecule has 0 spiro atoms. The molecule has 0 amide bonds. The highest BCUT2D eigenvalue weighted by atomic mass is 35.5. The second-order valence-corrected chi connectivity index (χ2v) is 8.31. The van der Waals surface area contributed by atoms with Crippen LogP contribution in [0.2, 0.25) is 5.02 Å². The minimum absolute atomic E-state index is 0.0537. The first-order chi connectivity index (χ1) is 13.8. The molecule has 0 unspecified atom stereocenters. The van der Waals surface area contributed by atoms with E-state index in [1.165, 1.54) is 24.3 Å². The molecule has 3 aromatic rings. The molecular weight excluding hydrogens is 418 g/mol. The minimum atomic E-state index is -4.09. The van der Waals surface area contributed by atoms with Gasteiger partial charge in [0.15, 0.2) is 0 Å². The quantitative estimate of drug-likeness (QED) is 0.324. The van der Waals surface area contributed by atoms with Crippen molar-refractivity contribution in [2.45, 2.75) is 16.4 Å². The van der Waals surface area contributed by atoms with Gasteiger partial charge in [0.05, 0.1) is 20.3 Å². The highest BCUT2D eigenvalue weighted by Gasteiger charge is 2.25. The molecule has 0 aliphatic heterocycles. The van der Waals surface area contributed by atoms with E-state index in [4.69, 9.17) is 16.3 Å². The Balaban J connectivity index is 1.88. The normalized spacial score (nSPS) is 11.1. The Hall–Kier alpha value is -3.23. The summed E-state index contributed by atoms with van der Waals surface area (Å²) >= 11 is 5.81. The molecule has 0 aliphatic rings. The van der Waals surface area contributed by atoms with Gasteiger partial charge in [0.1, 0.15) is 6.61 Å². The lowest BCUT2D eigenvalue weighted by atomic mass is 10.2. The zero-order chi connectivity index (χ0) is 21.0. The van der Waals surface area contributed by atoms with Crippen LogP contribution in [0.4, 0.5) is 5.69 Å². The van der Waals surface area contributed by atoms with Gasteiger partial charge in [-0.25, -0.2) is 13.2 Å². The maximum atomic E-state index is 13.0. The molecule has 3 rings (SSSR count). The Morgan fingerprint density at radius 1 is 0.966 bits per heavy atom. The van der Waals surface area contributed by atoms with E-state index in [1.807, 2.05) is 0 Å². The molecule has 0 aliphatic carbocycles. The number of esters is 1. The Labute approximate surface area is 171 Å². The first-order valence-electron chi connectivity index (χ1n) is 8.29. The number of nitro benzene ring substituents is 1. The molecule has 0 aromatic heterocycles. The standard InChI is InChI=1S/C20H14ClNO6S/c21-15-7-5-14(6-8-15)13-28-20(23)18-3-1-2-4-19(18)29(26,27)17-11-9-16(10-12-17)22(24)25/h1-12H,13H2. The predicted molar refractivity (Wildman–Crippen MR) is 106 cm³/mol. The zero-order valence-corrected chi connectivity index (χ0v) is 16.4. The summed E-state index contributed by atoms with van der Waals surface area (Å²) in [5.41, 5.74) is 0.331. The van der Waals surface area contributed by atoms with Crippen LogP contribution in [0, 0.1) is 10.1 Å². The molecule has 0 radical (unpaired) electrons. The molecule has 29 heavy (non-hydrogen) atoms. The Morgan fingerprint density at radius 3 is 2.21 bits per heavy atom. The van der Waals surface area contributed by atoms with E-state index in [1.54, 1.807) is 24.3 Å². The van der Waals surface area contributed by atoms with E-state index in [2.05, 4.69) is 0 Å². The summed E-state index contributed by atoms with van der Waals surface area (Å²) in [4.78, 5) is 22.3.